The SMILES string of the molecule is CCOC(=O)CN(C(=O)CSc1nc2ccccc2o1)c1ccccc1. The normalized spacial score (nSPS) is 10.7. The Balaban J connectivity index is 1.71. The highest BCUT2D eigenvalue weighted by molar-refractivity contribution is 7.99. The van der Waals surface area contributed by atoms with Crippen LogP contribution in [0.2, 0.25) is 0 Å². The van der Waals surface area contributed by atoms with Crippen LogP contribution in [0, 0.1) is 0 Å². The molecule has 0 bridgehead atoms. The number of anilines is 1. The Bertz CT molecular complexity index is 862. The smallest absolute Gasteiger partial charge is 0.326 e. The van der Waals surface area contributed by atoms with Crippen LogP contribution in [0.15, 0.2) is 64.2 Å². The van der Waals surface area contributed by atoms with Gasteiger partial charge in [0, 0.05) is 5.69 Å². The largest absolute Gasteiger partial charge is 0.465 e. The average molecular weight is 370 g/mol. The highest BCUT2D eigenvalue weighted by Gasteiger charge is 2.21. The number of carbonyl (C=O) groups is 2. The third-order valence-electron chi connectivity index (χ3n) is 3.55. The lowest BCUT2D eigenvalue weighted by Gasteiger charge is -2.21. The van der Waals surface area contributed by atoms with Gasteiger partial charge in [-0.25, -0.2) is 4.98 Å². The molecule has 0 saturated carbocycles. The Hall–Kier alpha value is -2.80. The summed E-state index contributed by atoms with van der Waals surface area (Å²) < 4.78 is 10.6. The monoisotopic (exact) mass is 370 g/mol. The number of rotatable bonds is 7. The van der Waals surface area contributed by atoms with Crippen molar-refractivity contribution < 1.29 is 18.7 Å². The van der Waals surface area contributed by atoms with Crippen molar-refractivity contribution in [1.29, 1.82) is 0 Å². The van der Waals surface area contributed by atoms with Gasteiger partial charge in [0.05, 0.1) is 12.4 Å². The molecule has 0 spiro atoms. The van der Waals surface area contributed by atoms with Crippen LogP contribution in [0.5, 0.6) is 0 Å². The summed E-state index contributed by atoms with van der Waals surface area (Å²) in [7, 11) is 0. The van der Waals surface area contributed by atoms with E-state index in [0.29, 0.717) is 16.5 Å². The standard InChI is InChI=1S/C19H18N2O4S/c1-2-24-18(23)12-21(14-8-4-3-5-9-14)17(22)13-26-19-20-15-10-6-7-11-16(15)25-19/h3-11H,2,12-13H2,1H3. The van der Waals surface area contributed by atoms with Crippen LogP contribution in [-0.2, 0) is 14.3 Å². The lowest BCUT2D eigenvalue weighted by atomic mass is 10.3. The molecule has 0 atom stereocenters. The first kappa shape index (κ1) is 18.0. The minimum atomic E-state index is -0.448. The van der Waals surface area contributed by atoms with Crippen molar-refractivity contribution >= 4 is 40.4 Å². The van der Waals surface area contributed by atoms with Crippen LogP contribution >= 0.6 is 11.8 Å². The fourth-order valence-electron chi connectivity index (χ4n) is 2.38. The quantitative estimate of drug-likeness (QED) is 0.468. The van der Waals surface area contributed by atoms with Gasteiger partial charge >= 0.3 is 5.97 Å². The average Bonchev–Trinajstić information content (AvgIpc) is 3.08. The molecule has 134 valence electrons. The second-order valence-corrected chi connectivity index (χ2v) is 6.28. The molecular formula is C19H18N2O4S. The summed E-state index contributed by atoms with van der Waals surface area (Å²) in [6.07, 6.45) is 0. The van der Waals surface area contributed by atoms with Crippen molar-refractivity contribution in [3.05, 3.63) is 54.6 Å². The van der Waals surface area contributed by atoms with E-state index in [1.807, 2.05) is 42.5 Å². The first-order valence-electron chi connectivity index (χ1n) is 8.16. The van der Waals surface area contributed by atoms with E-state index in [1.165, 1.54) is 16.7 Å². The lowest BCUT2D eigenvalue weighted by molar-refractivity contribution is -0.142. The summed E-state index contributed by atoms with van der Waals surface area (Å²) >= 11 is 1.20. The van der Waals surface area contributed by atoms with Crippen LogP contribution in [0.4, 0.5) is 5.69 Å². The van der Waals surface area contributed by atoms with Crippen LogP contribution in [0.1, 0.15) is 6.92 Å². The van der Waals surface area contributed by atoms with Gasteiger partial charge in [-0.1, -0.05) is 42.1 Å². The first-order valence-corrected chi connectivity index (χ1v) is 9.15. The highest BCUT2D eigenvalue weighted by atomic mass is 32.2. The van der Waals surface area contributed by atoms with E-state index in [4.69, 9.17) is 9.15 Å². The second-order valence-electron chi connectivity index (χ2n) is 5.36. The zero-order valence-electron chi connectivity index (χ0n) is 14.3. The third kappa shape index (κ3) is 4.43. The number of oxazole rings is 1. The minimum Gasteiger partial charge on any atom is -0.465 e. The minimum absolute atomic E-state index is 0.0983. The lowest BCUT2D eigenvalue weighted by Crippen LogP contribution is -2.37. The van der Waals surface area contributed by atoms with Crippen molar-refractivity contribution in [3.8, 4) is 0 Å². The van der Waals surface area contributed by atoms with Crippen molar-refractivity contribution in [2.75, 3.05) is 23.8 Å². The van der Waals surface area contributed by atoms with Crippen LogP contribution < -0.4 is 4.90 Å². The molecule has 0 saturated heterocycles. The van der Waals surface area contributed by atoms with E-state index in [9.17, 15) is 9.59 Å². The number of thioether (sulfide) groups is 1. The molecule has 0 fully saturated rings. The van der Waals surface area contributed by atoms with Gasteiger partial charge in [-0.2, -0.15) is 0 Å². The maximum atomic E-state index is 12.7. The summed E-state index contributed by atoms with van der Waals surface area (Å²) in [5.41, 5.74) is 2.06. The number of nitrogens with zero attached hydrogens (tertiary/aromatic N) is 2. The highest BCUT2D eigenvalue weighted by Crippen LogP contribution is 2.24. The summed E-state index contributed by atoms with van der Waals surface area (Å²) in [6, 6.07) is 16.5. The van der Waals surface area contributed by atoms with E-state index in [1.54, 1.807) is 19.1 Å². The molecule has 0 aliphatic carbocycles. The topological polar surface area (TPSA) is 72.6 Å². The molecule has 1 aromatic heterocycles. The Morgan fingerprint density at radius 2 is 1.85 bits per heavy atom. The Morgan fingerprint density at radius 1 is 1.12 bits per heavy atom. The maximum Gasteiger partial charge on any atom is 0.326 e. The van der Waals surface area contributed by atoms with E-state index in [2.05, 4.69) is 4.98 Å². The molecule has 0 N–H and O–H groups in total. The van der Waals surface area contributed by atoms with Crippen LogP contribution in [0.25, 0.3) is 11.1 Å². The molecule has 0 aliphatic rings. The molecule has 3 aromatic rings. The Labute approximate surface area is 155 Å². The fourth-order valence-corrected chi connectivity index (χ4v) is 3.10. The van der Waals surface area contributed by atoms with E-state index >= 15 is 0 Å². The first-order chi connectivity index (χ1) is 12.7. The van der Waals surface area contributed by atoms with Gasteiger partial charge in [0.2, 0.25) is 5.91 Å². The molecule has 1 amide bonds. The number of aromatic nitrogens is 1. The van der Waals surface area contributed by atoms with E-state index < -0.39 is 5.97 Å². The molecule has 26 heavy (non-hydrogen) atoms. The van der Waals surface area contributed by atoms with Crippen molar-refractivity contribution in [1.82, 2.24) is 4.98 Å². The number of esters is 1. The van der Waals surface area contributed by atoms with E-state index in [0.717, 1.165) is 5.52 Å². The van der Waals surface area contributed by atoms with Gasteiger partial charge in [-0.05, 0) is 31.2 Å². The van der Waals surface area contributed by atoms with Crippen molar-refractivity contribution in [2.45, 2.75) is 12.1 Å². The van der Waals surface area contributed by atoms with Gasteiger partial charge in [-0.15, -0.1) is 0 Å². The Kier molecular flexibility index (Phi) is 5.91. The van der Waals surface area contributed by atoms with Crippen LogP contribution in [0.3, 0.4) is 0 Å². The number of fused-ring (bicyclic) bond motifs is 1. The molecule has 0 radical (unpaired) electrons. The predicted molar refractivity (Wildman–Crippen MR) is 100 cm³/mol. The number of hydrogen-bond acceptors (Lipinski definition) is 6. The maximum absolute atomic E-state index is 12.7. The van der Waals surface area contributed by atoms with Gasteiger partial charge in [0.15, 0.2) is 5.58 Å². The summed E-state index contributed by atoms with van der Waals surface area (Å²) in [5.74, 6) is -0.575. The zero-order valence-corrected chi connectivity index (χ0v) is 15.1. The number of ether oxygens (including phenoxy) is 1. The van der Waals surface area contributed by atoms with E-state index in [-0.39, 0.29) is 24.8 Å². The van der Waals surface area contributed by atoms with Gasteiger partial charge in [0.25, 0.3) is 5.22 Å². The molecule has 2 aromatic carbocycles. The summed E-state index contributed by atoms with van der Waals surface area (Å²) in [5, 5.41) is 0.420. The van der Waals surface area contributed by atoms with Gasteiger partial charge < -0.3 is 14.1 Å². The fraction of sp³-hybridized carbons (Fsp3) is 0.211. The molecule has 0 aliphatic heterocycles. The third-order valence-corrected chi connectivity index (χ3v) is 4.37. The molecule has 3 rings (SSSR count). The molecule has 7 heteroatoms. The molecular weight excluding hydrogens is 352 g/mol. The molecule has 0 unspecified atom stereocenters. The number of benzene rings is 2. The summed E-state index contributed by atoms with van der Waals surface area (Å²) in [4.78, 5) is 30.3. The van der Waals surface area contributed by atoms with Gasteiger partial charge in [0.1, 0.15) is 12.1 Å². The summed E-state index contributed by atoms with van der Waals surface area (Å²) in [6.45, 7) is 1.87. The number of hydrogen-bond donors (Lipinski definition) is 0. The number of amides is 1. The Morgan fingerprint density at radius 3 is 2.58 bits per heavy atom. The van der Waals surface area contributed by atoms with Crippen LogP contribution in [-0.4, -0.2) is 35.8 Å². The zero-order chi connectivity index (χ0) is 18.4. The van der Waals surface area contributed by atoms with Crippen molar-refractivity contribution in [3.63, 3.8) is 0 Å². The molecule has 1 heterocycles. The second kappa shape index (κ2) is 8.53. The number of carbonyl (C=O) groups excluding carboxylic acids is 2. The van der Waals surface area contributed by atoms with Crippen molar-refractivity contribution in [2.24, 2.45) is 0 Å². The molecule has 6 nitrogen and oxygen atoms in total. The number of para-hydroxylation sites is 3. The van der Waals surface area contributed by atoms with Gasteiger partial charge in [-0.3, -0.25) is 9.59 Å². The predicted octanol–water partition coefficient (Wildman–Crippen LogP) is 3.52.